The van der Waals surface area contributed by atoms with Crippen molar-refractivity contribution >= 4 is 11.6 Å². The fourth-order valence-electron chi connectivity index (χ4n) is 2.55. The SMILES string of the molecule is COc1ccc(CC(=O)Nc2ccc(-c3n[nH]c(C)n3)cc2)c(OC)c1. The molecule has 7 nitrogen and oxygen atoms in total. The Kier molecular flexibility index (Phi) is 5.17. The molecule has 0 aliphatic rings. The minimum atomic E-state index is -0.130. The van der Waals surface area contributed by atoms with Crippen molar-refractivity contribution < 1.29 is 14.3 Å². The summed E-state index contributed by atoms with van der Waals surface area (Å²) in [4.78, 5) is 16.6. The van der Waals surface area contributed by atoms with Crippen LogP contribution in [0.15, 0.2) is 42.5 Å². The summed E-state index contributed by atoms with van der Waals surface area (Å²) in [6, 6.07) is 12.8. The predicted octanol–water partition coefficient (Wildman–Crippen LogP) is 2.98. The highest BCUT2D eigenvalue weighted by molar-refractivity contribution is 5.92. The number of hydrogen-bond acceptors (Lipinski definition) is 5. The fraction of sp³-hybridized carbons (Fsp3) is 0.211. The van der Waals surface area contributed by atoms with Crippen LogP contribution in [-0.2, 0) is 11.2 Å². The lowest BCUT2D eigenvalue weighted by atomic mass is 10.1. The maximum absolute atomic E-state index is 12.3. The van der Waals surface area contributed by atoms with Crippen molar-refractivity contribution in [1.82, 2.24) is 15.2 Å². The van der Waals surface area contributed by atoms with E-state index in [1.165, 1.54) is 0 Å². The van der Waals surface area contributed by atoms with Crippen molar-refractivity contribution in [2.75, 3.05) is 19.5 Å². The highest BCUT2D eigenvalue weighted by Gasteiger charge is 2.11. The van der Waals surface area contributed by atoms with Crippen LogP contribution in [0.1, 0.15) is 11.4 Å². The number of ether oxygens (including phenoxy) is 2. The zero-order valence-corrected chi connectivity index (χ0v) is 14.9. The van der Waals surface area contributed by atoms with Gasteiger partial charge >= 0.3 is 0 Å². The van der Waals surface area contributed by atoms with E-state index in [4.69, 9.17) is 9.47 Å². The van der Waals surface area contributed by atoms with Crippen molar-refractivity contribution in [3.63, 3.8) is 0 Å². The van der Waals surface area contributed by atoms with Gasteiger partial charge < -0.3 is 14.8 Å². The molecular formula is C19H20N4O3. The summed E-state index contributed by atoms with van der Waals surface area (Å²) in [7, 11) is 3.16. The maximum Gasteiger partial charge on any atom is 0.228 e. The third-order valence-electron chi connectivity index (χ3n) is 3.87. The number of nitrogens with zero attached hydrogens (tertiary/aromatic N) is 2. The molecule has 26 heavy (non-hydrogen) atoms. The number of amides is 1. The normalized spacial score (nSPS) is 10.4. The second kappa shape index (κ2) is 7.69. The van der Waals surface area contributed by atoms with Gasteiger partial charge in [0.1, 0.15) is 17.3 Å². The summed E-state index contributed by atoms with van der Waals surface area (Å²) < 4.78 is 10.5. The molecule has 0 saturated heterocycles. The molecule has 134 valence electrons. The summed E-state index contributed by atoms with van der Waals surface area (Å²) in [5.41, 5.74) is 2.38. The molecule has 0 bridgehead atoms. The molecule has 3 aromatic rings. The minimum absolute atomic E-state index is 0.130. The highest BCUT2D eigenvalue weighted by Crippen LogP contribution is 2.25. The first kappa shape index (κ1) is 17.5. The molecular weight excluding hydrogens is 332 g/mol. The van der Waals surface area contributed by atoms with E-state index >= 15 is 0 Å². The van der Waals surface area contributed by atoms with E-state index in [2.05, 4.69) is 20.5 Å². The predicted molar refractivity (Wildman–Crippen MR) is 98.4 cm³/mol. The van der Waals surface area contributed by atoms with Gasteiger partial charge in [-0.05, 0) is 37.3 Å². The van der Waals surface area contributed by atoms with E-state index in [0.717, 1.165) is 17.0 Å². The zero-order valence-electron chi connectivity index (χ0n) is 14.9. The van der Waals surface area contributed by atoms with Crippen molar-refractivity contribution in [2.24, 2.45) is 0 Å². The van der Waals surface area contributed by atoms with Crippen LogP contribution in [-0.4, -0.2) is 35.3 Å². The van der Waals surface area contributed by atoms with Gasteiger partial charge in [0.15, 0.2) is 5.82 Å². The summed E-state index contributed by atoms with van der Waals surface area (Å²) >= 11 is 0. The molecule has 0 radical (unpaired) electrons. The van der Waals surface area contributed by atoms with Crippen LogP contribution in [0.4, 0.5) is 5.69 Å². The van der Waals surface area contributed by atoms with Crippen molar-refractivity contribution in [2.45, 2.75) is 13.3 Å². The van der Waals surface area contributed by atoms with Gasteiger partial charge in [-0.25, -0.2) is 4.98 Å². The van der Waals surface area contributed by atoms with E-state index in [9.17, 15) is 4.79 Å². The Morgan fingerprint density at radius 1 is 1.12 bits per heavy atom. The minimum Gasteiger partial charge on any atom is -0.497 e. The van der Waals surface area contributed by atoms with Crippen molar-refractivity contribution in [3.05, 3.63) is 53.9 Å². The molecule has 0 fully saturated rings. The molecule has 0 aliphatic heterocycles. The van der Waals surface area contributed by atoms with Gasteiger partial charge in [0.05, 0.1) is 20.6 Å². The largest absolute Gasteiger partial charge is 0.497 e. The molecule has 3 rings (SSSR count). The summed E-state index contributed by atoms with van der Waals surface area (Å²) in [5.74, 6) is 2.56. The van der Waals surface area contributed by atoms with Crippen molar-refractivity contribution in [1.29, 1.82) is 0 Å². The van der Waals surface area contributed by atoms with Crippen LogP contribution >= 0.6 is 0 Å². The lowest BCUT2D eigenvalue weighted by Crippen LogP contribution is -2.14. The lowest BCUT2D eigenvalue weighted by molar-refractivity contribution is -0.115. The number of anilines is 1. The maximum atomic E-state index is 12.3. The Balaban J connectivity index is 1.66. The molecule has 2 N–H and O–H groups in total. The molecule has 0 unspecified atom stereocenters. The van der Waals surface area contributed by atoms with E-state index in [1.54, 1.807) is 26.4 Å². The monoisotopic (exact) mass is 352 g/mol. The van der Waals surface area contributed by atoms with Crippen molar-refractivity contribution in [3.8, 4) is 22.9 Å². The molecule has 2 aromatic carbocycles. The highest BCUT2D eigenvalue weighted by atomic mass is 16.5. The Morgan fingerprint density at radius 3 is 2.50 bits per heavy atom. The van der Waals surface area contributed by atoms with Gasteiger partial charge in [-0.1, -0.05) is 6.07 Å². The quantitative estimate of drug-likeness (QED) is 0.712. The molecule has 7 heteroatoms. The number of aromatic nitrogens is 3. The third kappa shape index (κ3) is 4.00. The molecule has 0 atom stereocenters. The molecule has 0 aliphatic carbocycles. The number of nitrogens with one attached hydrogen (secondary N) is 2. The van der Waals surface area contributed by atoms with Gasteiger partial charge in [0.25, 0.3) is 0 Å². The number of aryl methyl sites for hydroxylation is 1. The number of carbonyl (C=O) groups is 1. The first-order valence-corrected chi connectivity index (χ1v) is 8.09. The number of rotatable bonds is 6. The topological polar surface area (TPSA) is 89.1 Å². The van der Waals surface area contributed by atoms with Crippen LogP contribution in [0.2, 0.25) is 0 Å². The van der Waals surface area contributed by atoms with Gasteiger partial charge in [-0.2, -0.15) is 5.10 Å². The summed E-state index contributed by atoms with van der Waals surface area (Å²) in [6.45, 7) is 1.85. The molecule has 1 heterocycles. The average Bonchev–Trinajstić information content (AvgIpc) is 3.09. The number of H-pyrrole nitrogens is 1. The van der Waals surface area contributed by atoms with E-state index in [-0.39, 0.29) is 12.3 Å². The molecule has 0 saturated carbocycles. The lowest BCUT2D eigenvalue weighted by Gasteiger charge is -2.11. The zero-order chi connectivity index (χ0) is 18.5. The van der Waals surface area contributed by atoms with Crippen LogP contribution < -0.4 is 14.8 Å². The van der Waals surface area contributed by atoms with Crippen LogP contribution in [0.3, 0.4) is 0 Å². The fourth-order valence-corrected chi connectivity index (χ4v) is 2.55. The number of hydrogen-bond donors (Lipinski definition) is 2. The number of benzene rings is 2. The number of aromatic amines is 1. The molecule has 1 aromatic heterocycles. The standard InChI is InChI=1S/C19H20N4O3/c1-12-20-19(23-22-12)13-4-7-15(8-5-13)21-18(24)10-14-6-9-16(25-2)11-17(14)26-3/h4-9,11H,10H2,1-3H3,(H,21,24)(H,20,22,23). The summed E-state index contributed by atoms with van der Waals surface area (Å²) in [5, 5.41) is 9.81. The molecule has 0 spiro atoms. The first-order chi connectivity index (χ1) is 12.6. The van der Waals surface area contributed by atoms with E-state index < -0.39 is 0 Å². The summed E-state index contributed by atoms with van der Waals surface area (Å²) in [6.07, 6.45) is 0.203. The van der Waals surface area contributed by atoms with Gasteiger partial charge in [0, 0.05) is 22.9 Å². The third-order valence-corrected chi connectivity index (χ3v) is 3.87. The average molecular weight is 352 g/mol. The number of carbonyl (C=O) groups excluding carboxylic acids is 1. The van der Waals surface area contributed by atoms with Gasteiger partial charge in [-0.15, -0.1) is 0 Å². The Morgan fingerprint density at radius 2 is 1.88 bits per heavy atom. The molecule has 1 amide bonds. The Labute approximate surface area is 151 Å². The first-order valence-electron chi connectivity index (χ1n) is 8.09. The second-order valence-corrected chi connectivity index (χ2v) is 5.72. The van der Waals surface area contributed by atoms with Crippen LogP contribution in [0, 0.1) is 6.92 Å². The van der Waals surface area contributed by atoms with Gasteiger partial charge in [-0.3, -0.25) is 9.89 Å². The van der Waals surface area contributed by atoms with Crippen LogP contribution in [0.5, 0.6) is 11.5 Å². The second-order valence-electron chi connectivity index (χ2n) is 5.72. The smallest absolute Gasteiger partial charge is 0.228 e. The number of methoxy groups -OCH3 is 2. The van der Waals surface area contributed by atoms with E-state index in [1.807, 2.05) is 37.3 Å². The van der Waals surface area contributed by atoms with Crippen LogP contribution in [0.25, 0.3) is 11.4 Å². The Bertz CT molecular complexity index is 903. The van der Waals surface area contributed by atoms with Gasteiger partial charge in [0.2, 0.25) is 5.91 Å². The Hall–Kier alpha value is -3.35. The van der Waals surface area contributed by atoms with E-state index in [0.29, 0.717) is 23.0 Å².